The van der Waals surface area contributed by atoms with Crippen molar-refractivity contribution in [1.82, 2.24) is 0 Å². The monoisotopic (exact) mass is 388 g/mol. The molecule has 0 saturated heterocycles. The number of esters is 1. The highest BCUT2D eigenvalue weighted by Gasteiger charge is 2.21. The number of carboxylic acids is 1. The van der Waals surface area contributed by atoms with Gasteiger partial charge in [0, 0.05) is 5.56 Å². The summed E-state index contributed by atoms with van der Waals surface area (Å²) in [6.45, 7) is -0.0211. The van der Waals surface area contributed by atoms with E-state index in [9.17, 15) is 14.7 Å². The van der Waals surface area contributed by atoms with E-state index < -0.39 is 11.9 Å². The van der Waals surface area contributed by atoms with Crippen molar-refractivity contribution >= 4 is 11.9 Å². The summed E-state index contributed by atoms with van der Waals surface area (Å²) in [6.07, 6.45) is 1.03. The standard InChI is InChI=1S/C20H20O8/c1-24-12-17(20(23)26-3)28-16-6-4-5-13(18(16)19(21)22)11-27-15-9-7-14(25-2)8-10-15/h4-10,12H,11H2,1-3H3,(H,21,22). The van der Waals surface area contributed by atoms with Gasteiger partial charge in [0.1, 0.15) is 35.7 Å². The fourth-order valence-corrected chi connectivity index (χ4v) is 2.30. The lowest BCUT2D eigenvalue weighted by Gasteiger charge is -2.14. The van der Waals surface area contributed by atoms with Crippen LogP contribution >= 0.6 is 0 Å². The third kappa shape index (κ3) is 5.16. The summed E-state index contributed by atoms with van der Waals surface area (Å²) >= 11 is 0. The van der Waals surface area contributed by atoms with Gasteiger partial charge in [0.25, 0.3) is 0 Å². The smallest absolute Gasteiger partial charge is 0.377 e. The van der Waals surface area contributed by atoms with Gasteiger partial charge in [0.05, 0.1) is 21.3 Å². The first kappa shape index (κ1) is 20.6. The molecule has 8 nitrogen and oxygen atoms in total. The Bertz CT molecular complexity index is 855. The third-order valence-electron chi connectivity index (χ3n) is 3.61. The second kappa shape index (κ2) is 9.86. The molecule has 28 heavy (non-hydrogen) atoms. The number of ether oxygens (including phenoxy) is 5. The van der Waals surface area contributed by atoms with Crippen LogP contribution in [0.15, 0.2) is 54.5 Å². The molecule has 0 bridgehead atoms. The maximum absolute atomic E-state index is 11.8. The van der Waals surface area contributed by atoms with Crippen molar-refractivity contribution in [2.24, 2.45) is 0 Å². The molecule has 0 aromatic heterocycles. The van der Waals surface area contributed by atoms with E-state index in [1.54, 1.807) is 43.5 Å². The highest BCUT2D eigenvalue weighted by Crippen LogP contribution is 2.26. The summed E-state index contributed by atoms with van der Waals surface area (Å²) in [6, 6.07) is 11.5. The zero-order chi connectivity index (χ0) is 20.5. The van der Waals surface area contributed by atoms with E-state index in [0.29, 0.717) is 17.1 Å². The molecule has 2 aromatic carbocycles. The van der Waals surface area contributed by atoms with Gasteiger partial charge in [-0.3, -0.25) is 0 Å². The van der Waals surface area contributed by atoms with E-state index in [2.05, 4.69) is 4.74 Å². The lowest BCUT2D eigenvalue weighted by atomic mass is 10.1. The van der Waals surface area contributed by atoms with Gasteiger partial charge in [0.15, 0.2) is 0 Å². The lowest BCUT2D eigenvalue weighted by Crippen LogP contribution is -2.14. The normalized spacial score (nSPS) is 10.8. The van der Waals surface area contributed by atoms with Gasteiger partial charge in [-0.15, -0.1) is 0 Å². The van der Waals surface area contributed by atoms with Gasteiger partial charge in [-0.2, -0.15) is 0 Å². The topological polar surface area (TPSA) is 101 Å². The molecule has 148 valence electrons. The van der Waals surface area contributed by atoms with Crippen LogP contribution < -0.4 is 14.2 Å². The van der Waals surface area contributed by atoms with Gasteiger partial charge < -0.3 is 28.8 Å². The van der Waals surface area contributed by atoms with Gasteiger partial charge in [-0.1, -0.05) is 12.1 Å². The minimum atomic E-state index is -1.23. The van der Waals surface area contributed by atoms with Gasteiger partial charge >= 0.3 is 11.9 Å². The van der Waals surface area contributed by atoms with Crippen LogP contribution in [0, 0.1) is 0 Å². The Morgan fingerprint density at radius 2 is 1.68 bits per heavy atom. The van der Waals surface area contributed by atoms with E-state index in [0.717, 1.165) is 6.26 Å². The van der Waals surface area contributed by atoms with Crippen LogP contribution in [0.3, 0.4) is 0 Å². The number of hydrogen-bond acceptors (Lipinski definition) is 7. The second-order valence-electron chi connectivity index (χ2n) is 5.37. The molecule has 1 N–H and O–H groups in total. The molecule has 2 rings (SSSR count). The predicted molar refractivity (Wildman–Crippen MR) is 98.5 cm³/mol. The first-order valence-corrected chi connectivity index (χ1v) is 8.11. The predicted octanol–water partition coefficient (Wildman–Crippen LogP) is 3.01. The highest BCUT2D eigenvalue weighted by molar-refractivity contribution is 5.93. The molecule has 0 saturated carbocycles. The molecule has 0 unspecified atom stereocenters. The van der Waals surface area contributed by atoms with E-state index in [1.807, 2.05) is 0 Å². The van der Waals surface area contributed by atoms with Gasteiger partial charge in [0.2, 0.25) is 5.76 Å². The average Bonchev–Trinajstić information content (AvgIpc) is 2.71. The van der Waals surface area contributed by atoms with Crippen LogP contribution in [0.2, 0.25) is 0 Å². The molecule has 0 radical (unpaired) electrons. The van der Waals surface area contributed by atoms with Crippen LogP contribution in [0.1, 0.15) is 15.9 Å². The molecule has 0 amide bonds. The number of carbonyl (C=O) groups excluding carboxylic acids is 1. The highest BCUT2D eigenvalue weighted by atomic mass is 16.6. The third-order valence-corrected chi connectivity index (χ3v) is 3.61. The molecule has 0 aliphatic rings. The zero-order valence-electron chi connectivity index (χ0n) is 15.6. The quantitative estimate of drug-likeness (QED) is 0.397. The minimum Gasteiger partial charge on any atom is -0.500 e. The average molecular weight is 388 g/mol. The summed E-state index contributed by atoms with van der Waals surface area (Å²) in [5, 5.41) is 9.63. The van der Waals surface area contributed by atoms with Gasteiger partial charge in [-0.05, 0) is 30.3 Å². The molecular weight excluding hydrogens is 368 g/mol. The first-order chi connectivity index (χ1) is 13.5. The fraction of sp³-hybridized carbons (Fsp3) is 0.200. The van der Waals surface area contributed by atoms with Gasteiger partial charge in [-0.25, -0.2) is 9.59 Å². The van der Waals surface area contributed by atoms with Crippen molar-refractivity contribution < 1.29 is 38.4 Å². The Morgan fingerprint density at radius 1 is 1.00 bits per heavy atom. The number of hydrogen-bond donors (Lipinski definition) is 1. The van der Waals surface area contributed by atoms with Crippen molar-refractivity contribution in [1.29, 1.82) is 0 Å². The van der Waals surface area contributed by atoms with Crippen molar-refractivity contribution in [3.63, 3.8) is 0 Å². The van der Waals surface area contributed by atoms with Crippen LogP contribution in [-0.4, -0.2) is 38.4 Å². The minimum absolute atomic E-state index is 0.0211. The van der Waals surface area contributed by atoms with Crippen LogP contribution in [-0.2, 0) is 20.9 Å². The molecule has 0 fully saturated rings. The van der Waals surface area contributed by atoms with E-state index >= 15 is 0 Å². The van der Waals surface area contributed by atoms with Crippen LogP contribution in [0.5, 0.6) is 17.2 Å². The summed E-state index contributed by atoms with van der Waals surface area (Å²) in [4.78, 5) is 23.6. The molecule has 0 heterocycles. The largest absolute Gasteiger partial charge is 0.500 e. The van der Waals surface area contributed by atoms with Crippen LogP contribution in [0.4, 0.5) is 0 Å². The Morgan fingerprint density at radius 3 is 2.25 bits per heavy atom. The van der Waals surface area contributed by atoms with Crippen LogP contribution in [0.25, 0.3) is 0 Å². The molecule has 2 aromatic rings. The maximum atomic E-state index is 11.8. The van der Waals surface area contributed by atoms with Crippen molar-refractivity contribution in [3.8, 4) is 17.2 Å². The second-order valence-corrected chi connectivity index (χ2v) is 5.37. The Kier molecular flexibility index (Phi) is 7.27. The maximum Gasteiger partial charge on any atom is 0.377 e. The van der Waals surface area contributed by atoms with E-state index in [-0.39, 0.29) is 23.7 Å². The molecule has 0 atom stereocenters. The summed E-state index contributed by atoms with van der Waals surface area (Å²) in [7, 11) is 4.05. The molecular formula is C20H20O8. The fourth-order valence-electron chi connectivity index (χ4n) is 2.30. The number of aromatic carboxylic acids is 1. The number of carbonyl (C=O) groups is 2. The van der Waals surface area contributed by atoms with E-state index in [1.165, 1.54) is 20.3 Å². The number of carboxylic acid groups (broad SMARTS) is 1. The molecule has 8 heteroatoms. The first-order valence-electron chi connectivity index (χ1n) is 8.11. The molecule has 0 aliphatic carbocycles. The Balaban J connectivity index is 2.27. The lowest BCUT2D eigenvalue weighted by molar-refractivity contribution is -0.138. The number of rotatable bonds is 9. The van der Waals surface area contributed by atoms with Crippen molar-refractivity contribution in [2.75, 3.05) is 21.3 Å². The summed E-state index contributed by atoms with van der Waals surface area (Å²) in [5.41, 5.74) is 0.226. The number of methoxy groups -OCH3 is 3. The Hall–Kier alpha value is -3.68. The van der Waals surface area contributed by atoms with Crippen molar-refractivity contribution in [3.05, 3.63) is 65.6 Å². The van der Waals surface area contributed by atoms with E-state index in [4.69, 9.17) is 18.9 Å². The van der Waals surface area contributed by atoms with Crippen molar-refractivity contribution in [2.45, 2.75) is 6.61 Å². The molecule has 0 aliphatic heterocycles. The summed E-state index contributed by atoms with van der Waals surface area (Å²) in [5.74, 6) is -1.16. The Labute approximate surface area is 161 Å². The summed E-state index contributed by atoms with van der Waals surface area (Å²) < 4.78 is 25.5. The SMILES string of the molecule is COC=C(Oc1cccc(COc2ccc(OC)cc2)c1C(=O)O)C(=O)OC. The number of benzene rings is 2. The zero-order valence-corrected chi connectivity index (χ0v) is 15.6. The molecule has 0 spiro atoms.